The SMILES string of the molecule is CC(c1ccccc1)N1CCC(Nc2cc3nc[nH]c(=O)c3cc2[N+](=O)[O-])CC1. The van der Waals surface area contributed by atoms with Crippen molar-refractivity contribution in [1.82, 2.24) is 14.9 Å². The van der Waals surface area contributed by atoms with E-state index in [1.165, 1.54) is 18.0 Å². The minimum Gasteiger partial charge on any atom is -0.377 e. The number of nitro benzene ring substituents is 1. The molecule has 29 heavy (non-hydrogen) atoms. The van der Waals surface area contributed by atoms with Crippen molar-refractivity contribution < 1.29 is 4.92 Å². The Balaban J connectivity index is 1.49. The first-order valence-electron chi connectivity index (χ1n) is 9.74. The van der Waals surface area contributed by atoms with Gasteiger partial charge in [-0.25, -0.2) is 4.98 Å². The van der Waals surface area contributed by atoms with Crippen molar-refractivity contribution >= 4 is 22.3 Å². The Morgan fingerprint density at radius 1 is 1.24 bits per heavy atom. The lowest BCUT2D eigenvalue weighted by atomic mass is 9.99. The standard InChI is InChI=1S/C21H23N5O3/c1-14(15-5-3-2-4-6-15)25-9-7-16(8-10-25)24-19-12-18-17(11-20(19)26(28)29)21(27)23-13-22-18/h2-6,11-14,16,24H,7-10H2,1H3,(H,22,23,27). The summed E-state index contributed by atoms with van der Waals surface area (Å²) in [5.74, 6) is 0. The van der Waals surface area contributed by atoms with Crippen molar-refractivity contribution in [3.8, 4) is 0 Å². The van der Waals surface area contributed by atoms with E-state index in [0.717, 1.165) is 25.9 Å². The van der Waals surface area contributed by atoms with Crippen LogP contribution in [0.4, 0.5) is 11.4 Å². The number of H-pyrrole nitrogens is 1. The number of aromatic nitrogens is 2. The highest BCUT2D eigenvalue weighted by atomic mass is 16.6. The van der Waals surface area contributed by atoms with Gasteiger partial charge >= 0.3 is 0 Å². The Hall–Kier alpha value is -3.26. The average molecular weight is 393 g/mol. The molecule has 1 atom stereocenters. The molecule has 0 aliphatic carbocycles. The Labute approximate surface area is 167 Å². The minimum atomic E-state index is -0.458. The highest BCUT2D eigenvalue weighted by Gasteiger charge is 2.26. The fourth-order valence-electron chi connectivity index (χ4n) is 3.96. The predicted molar refractivity (Wildman–Crippen MR) is 112 cm³/mol. The number of anilines is 1. The monoisotopic (exact) mass is 393 g/mol. The number of nitro groups is 1. The van der Waals surface area contributed by atoms with E-state index in [1.807, 2.05) is 6.07 Å². The van der Waals surface area contributed by atoms with Gasteiger partial charge in [-0.1, -0.05) is 30.3 Å². The molecule has 0 bridgehead atoms. The lowest BCUT2D eigenvalue weighted by Crippen LogP contribution is -2.40. The lowest BCUT2D eigenvalue weighted by molar-refractivity contribution is -0.383. The van der Waals surface area contributed by atoms with Gasteiger partial charge < -0.3 is 10.3 Å². The molecule has 1 aliphatic heterocycles. The van der Waals surface area contributed by atoms with Crippen LogP contribution >= 0.6 is 0 Å². The molecule has 8 nitrogen and oxygen atoms in total. The Morgan fingerprint density at radius 3 is 2.66 bits per heavy atom. The molecule has 1 unspecified atom stereocenters. The largest absolute Gasteiger partial charge is 0.377 e. The molecule has 1 fully saturated rings. The van der Waals surface area contributed by atoms with Gasteiger partial charge in [0.1, 0.15) is 5.69 Å². The fraction of sp³-hybridized carbons (Fsp3) is 0.333. The number of nitrogens with one attached hydrogen (secondary N) is 2. The number of hydrogen-bond acceptors (Lipinski definition) is 6. The summed E-state index contributed by atoms with van der Waals surface area (Å²) < 4.78 is 0. The van der Waals surface area contributed by atoms with Crippen LogP contribution in [0, 0.1) is 10.1 Å². The number of fused-ring (bicyclic) bond motifs is 1. The third-order valence-corrected chi connectivity index (χ3v) is 5.67. The topological polar surface area (TPSA) is 104 Å². The molecule has 1 aromatic heterocycles. The van der Waals surface area contributed by atoms with E-state index >= 15 is 0 Å². The van der Waals surface area contributed by atoms with Gasteiger partial charge in [0.05, 0.1) is 22.2 Å². The minimum absolute atomic E-state index is 0.101. The van der Waals surface area contributed by atoms with E-state index in [-0.39, 0.29) is 22.7 Å². The zero-order valence-corrected chi connectivity index (χ0v) is 16.2. The van der Waals surface area contributed by atoms with E-state index in [9.17, 15) is 14.9 Å². The maximum Gasteiger partial charge on any atom is 0.293 e. The summed E-state index contributed by atoms with van der Waals surface area (Å²) in [6, 6.07) is 13.8. The molecule has 0 amide bonds. The van der Waals surface area contributed by atoms with Crippen LogP contribution in [0.15, 0.2) is 53.6 Å². The molecular weight excluding hydrogens is 370 g/mol. The second kappa shape index (κ2) is 8.00. The van der Waals surface area contributed by atoms with Crippen molar-refractivity contribution in [2.24, 2.45) is 0 Å². The Kier molecular flexibility index (Phi) is 5.26. The third-order valence-electron chi connectivity index (χ3n) is 5.67. The summed E-state index contributed by atoms with van der Waals surface area (Å²) in [7, 11) is 0. The quantitative estimate of drug-likeness (QED) is 0.508. The van der Waals surface area contributed by atoms with Crippen molar-refractivity contribution in [3.05, 3.63) is 74.8 Å². The number of nitrogens with zero attached hydrogens (tertiary/aromatic N) is 3. The molecule has 3 aromatic rings. The number of likely N-dealkylation sites (tertiary alicyclic amines) is 1. The first kappa shape index (κ1) is 19.1. The molecule has 2 aromatic carbocycles. The lowest BCUT2D eigenvalue weighted by Gasteiger charge is -2.36. The molecule has 4 rings (SSSR count). The van der Waals surface area contributed by atoms with Crippen LogP contribution in [0.2, 0.25) is 0 Å². The molecule has 0 saturated carbocycles. The van der Waals surface area contributed by atoms with Gasteiger partial charge in [0.25, 0.3) is 11.2 Å². The van der Waals surface area contributed by atoms with E-state index in [2.05, 4.69) is 51.4 Å². The molecule has 8 heteroatoms. The van der Waals surface area contributed by atoms with Crippen molar-refractivity contribution in [2.75, 3.05) is 18.4 Å². The van der Waals surface area contributed by atoms with Crippen LogP contribution in [0.3, 0.4) is 0 Å². The van der Waals surface area contributed by atoms with Crippen LogP contribution in [-0.2, 0) is 0 Å². The normalized spacial score (nSPS) is 16.6. The smallest absolute Gasteiger partial charge is 0.293 e. The van der Waals surface area contributed by atoms with Crippen LogP contribution < -0.4 is 10.9 Å². The van der Waals surface area contributed by atoms with Gasteiger partial charge in [0.15, 0.2) is 0 Å². The second-order valence-corrected chi connectivity index (χ2v) is 7.42. The maximum atomic E-state index is 11.9. The summed E-state index contributed by atoms with van der Waals surface area (Å²) in [4.78, 5) is 32.0. The number of benzene rings is 2. The third kappa shape index (κ3) is 3.97. The zero-order chi connectivity index (χ0) is 20.4. The number of rotatable bonds is 5. The first-order valence-corrected chi connectivity index (χ1v) is 9.74. The second-order valence-electron chi connectivity index (χ2n) is 7.42. The van der Waals surface area contributed by atoms with Gasteiger partial charge in [0, 0.05) is 31.2 Å². The van der Waals surface area contributed by atoms with Crippen LogP contribution in [0.25, 0.3) is 10.9 Å². The Morgan fingerprint density at radius 2 is 1.97 bits per heavy atom. The highest BCUT2D eigenvalue weighted by Crippen LogP contribution is 2.31. The summed E-state index contributed by atoms with van der Waals surface area (Å²) in [5.41, 5.74) is 1.66. The molecule has 150 valence electrons. The molecule has 1 aliphatic rings. The zero-order valence-electron chi connectivity index (χ0n) is 16.2. The van der Waals surface area contributed by atoms with Crippen LogP contribution in [0.5, 0.6) is 0 Å². The van der Waals surface area contributed by atoms with Gasteiger partial charge in [-0.15, -0.1) is 0 Å². The van der Waals surface area contributed by atoms with E-state index in [0.29, 0.717) is 17.2 Å². The van der Waals surface area contributed by atoms with E-state index in [4.69, 9.17) is 0 Å². The van der Waals surface area contributed by atoms with Gasteiger partial charge in [-0.2, -0.15) is 0 Å². The summed E-state index contributed by atoms with van der Waals surface area (Å²) >= 11 is 0. The average Bonchev–Trinajstić information content (AvgIpc) is 2.74. The van der Waals surface area contributed by atoms with Gasteiger partial charge in [-0.05, 0) is 31.4 Å². The van der Waals surface area contributed by atoms with E-state index < -0.39 is 4.92 Å². The van der Waals surface area contributed by atoms with Crippen molar-refractivity contribution in [1.29, 1.82) is 0 Å². The molecule has 2 N–H and O–H groups in total. The van der Waals surface area contributed by atoms with Crippen molar-refractivity contribution in [2.45, 2.75) is 31.8 Å². The molecular formula is C21H23N5O3. The molecule has 1 saturated heterocycles. The Bertz CT molecular complexity index is 1070. The molecule has 0 spiro atoms. The number of hydrogen-bond donors (Lipinski definition) is 2. The van der Waals surface area contributed by atoms with Crippen LogP contribution in [-0.4, -0.2) is 38.9 Å². The fourth-order valence-corrected chi connectivity index (χ4v) is 3.96. The van der Waals surface area contributed by atoms with Crippen LogP contribution in [0.1, 0.15) is 31.4 Å². The molecule has 2 heterocycles. The number of piperidine rings is 1. The van der Waals surface area contributed by atoms with E-state index in [1.54, 1.807) is 6.07 Å². The summed E-state index contributed by atoms with van der Waals surface area (Å²) in [5, 5.41) is 15.1. The summed E-state index contributed by atoms with van der Waals surface area (Å²) in [6.45, 7) is 4.03. The highest BCUT2D eigenvalue weighted by molar-refractivity contribution is 5.86. The molecule has 0 radical (unpaired) electrons. The first-order chi connectivity index (χ1) is 14.0. The maximum absolute atomic E-state index is 11.9. The summed E-state index contributed by atoms with van der Waals surface area (Å²) in [6.07, 6.45) is 3.08. The van der Waals surface area contributed by atoms with Crippen molar-refractivity contribution in [3.63, 3.8) is 0 Å². The van der Waals surface area contributed by atoms with Gasteiger partial charge in [0.2, 0.25) is 0 Å². The number of aromatic amines is 1. The predicted octanol–water partition coefficient (Wildman–Crippen LogP) is 3.47. The van der Waals surface area contributed by atoms with Gasteiger partial charge in [-0.3, -0.25) is 19.8 Å².